The van der Waals surface area contributed by atoms with E-state index in [1.807, 2.05) is 6.92 Å². The standard InChI is InChI=1S/C11H15N3/c1-3-4-5-6-10(12)11-8-13-9(2)7-14-11/h1,7-8,10H,4-6,12H2,2H3. The van der Waals surface area contributed by atoms with Crippen LogP contribution in [0, 0.1) is 19.3 Å². The molecule has 0 fully saturated rings. The largest absolute Gasteiger partial charge is 0.323 e. The van der Waals surface area contributed by atoms with Gasteiger partial charge >= 0.3 is 0 Å². The average Bonchev–Trinajstić information content (AvgIpc) is 2.19. The van der Waals surface area contributed by atoms with Gasteiger partial charge in [0.1, 0.15) is 0 Å². The summed E-state index contributed by atoms with van der Waals surface area (Å²) in [4.78, 5) is 8.36. The van der Waals surface area contributed by atoms with Gasteiger partial charge in [-0.2, -0.15) is 0 Å². The fourth-order valence-corrected chi connectivity index (χ4v) is 1.17. The fraction of sp³-hybridized carbons (Fsp3) is 0.455. The summed E-state index contributed by atoms with van der Waals surface area (Å²) in [6.45, 7) is 1.90. The number of aromatic nitrogens is 2. The normalized spacial score (nSPS) is 12.1. The average molecular weight is 189 g/mol. The second kappa shape index (κ2) is 5.36. The zero-order valence-electron chi connectivity index (χ0n) is 8.40. The Hall–Kier alpha value is -1.40. The maximum atomic E-state index is 5.91. The topological polar surface area (TPSA) is 51.8 Å². The van der Waals surface area contributed by atoms with E-state index in [4.69, 9.17) is 12.2 Å². The molecular formula is C11H15N3. The molecule has 0 aliphatic carbocycles. The minimum Gasteiger partial charge on any atom is -0.323 e. The second-order valence-electron chi connectivity index (χ2n) is 3.29. The summed E-state index contributed by atoms with van der Waals surface area (Å²) in [6, 6.07) is -0.0450. The molecule has 1 rings (SSSR count). The van der Waals surface area contributed by atoms with Crippen molar-refractivity contribution in [2.45, 2.75) is 32.2 Å². The first-order chi connectivity index (χ1) is 6.74. The molecule has 0 saturated heterocycles. The fourth-order valence-electron chi connectivity index (χ4n) is 1.17. The minimum atomic E-state index is -0.0450. The number of nitrogens with two attached hydrogens (primary N) is 1. The predicted molar refractivity (Wildman–Crippen MR) is 56.4 cm³/mol. The lowest BCUT2D eigenvalue weighted by Crippen LogP contribution is -2.12. The Morgan fingerprint density at radius 1 is 1.50 bits per heavy atom. The first kappa shape index (κ1) is 10.7. The molecule has 3 nitrogen and oxygen atoms in total. The molecule has 74 valence electrons. The minimum absolute atomic E-state index is 0.0450. The highest BCUT2D eigenvalue weighted by atomic mass is 14.8. The highest BCUT2D eigenvalue weighted by Crippen LogP contribution is 2.13. The lowest BCUT2D eigenvalue weighted by Gasteiger charge is -2.09. The molecule has 2 N–H and O–H groups in total. The van der Waals surface area contributed by atoms with E-state index < -0.39 is 0 Å². The van der Waals surface area contributed by atoms with Crippen LogP contribution in [0.4, 0.5) is 0 Å². The van der Waals surface area contributed by atoms with Crippen LogP contribution >= 0.6 is 0 Å². The van der Waals surface area contributed by atoms with Crippen LogP contribution in [0.25, 0.3) is 0 Å². The monoisotopic (exact) mass is 189 g/mol. The van der Waals surface area contributed by atoms with Crippen molar-refractivity contribution in [1.82, 2.24) is 9.97 Å². The highest BCUT2D eigenvalue weighted by Gasteiger charge is 2.06. The molecule has 0 saturated carbocycles. The van der Waals surface area contributed by atoms with E-state index in [1.165, 1.54) is 0 Å². The van der Waals surface area contributed by atoms with Crippen LogP contribution in [0.3, 0.4) is 0 Å². The van der Waals surface area contributed by atoms with Crippen LogP contribution in [-0.2, 0) is 0 Å². The molecule has 3 heteroatoms. The molecule has 0 spiro atoms. The Morgan fingerprint density at radius 2 is 2.29 bits per heavy atom. The second-order valence-corrected chi connectivity index (χ2v) is 3.29. The Labute approximate surface area is 84.8 Å². The maximum Gasteiger partial charge on any atom is 0.0754 e. The molecule has 0 aliphatic rings. The van der Waals surface area contributed by atoms with Gasteiger partial charge in [0.2, 0.25) is 0 Å². The number of aryl methyl sites for hydroxylation is 1. The van der Waals surface area contributed by atoms with Crippen molar-refractivity contribution in [1.29, 1.82) is 0 Å². The summed E-state index contributed by atoms with van der Waals surface area (Å²) in [5.41, 5.74) is 7.66. The molecule has 14 heavy (non-hydrogen) atoms. The van der Waals surface area contributed by atoms with Crippen molar-refractivity contribution in [2.24, 2.45) is 5.73 Å². The van der Waals surface area contributed by atoms with Crippen molar-refractivity contribution >= 4 is 0 Å². The van der Waals surface area contributed by atoms with Crippen LogP contribution in [-0.4, -0.2) is 9.97 Å². The smallest absolute Gasteiger partial charge is 0.0754 e. The third kappa shape index (κ3) is 3.15. The molecule has 0 aliphatic heterocycles. The summed E-state index contributed by atoms with van der Waals surface area (Å²) >= 11 is 0. The molecule has 1 atom stereocenters. The van der Waals surface area contributed by atoms with E-state index >= 15 is 0 Å². The predicted octanol–water partition coefficient (Wildman–Crippen LogP) is 1.59. The van der Waals surface area contributed by atoms with Crippen molar-refractivity contribution in [3.63, 3.8) is 0 Å². The van der Waals surface area contributed by atoms with Gasteiger partial charge in [0.25, 0.3) is 0 Å². The maximum absolute atomic E-state index is 5.91. The molecule has 1 aromatic rings. The van der Waals surface area contributed by atoms with E-state index in [-0.39, 0.29) is 6.04 Å². The van der Waals surface area contributed by atoms with E-state index in [0.29, 0.717) is 0 Å². The van der Waals surface area contributed by atoms with Gasteiger partial charge in [-0.3, -0.25) is 9.97 Å². The van der Waals surface area contributed by atoms with Gasteiger partial charge in [-0.15, -0.1) is 12.3 Å². The van der Waals surface area contributed by atoms with Crippen molar-refractivity contribution in [3.8, 4) is 12.3 Å². The SMILES string of the molecule is C#CCCCC(N)c1cnc(C)cn1. The van der Waals surface area contributed by atoms with Gasteiger partial charge in [0.05, 0.1) is 17.6 Å². The lowest BCUT2D eigenvalue weighted by atomic mass is 10.1. The third-order valence-electron chi connectivity index (χ3n) is 2.02. The number of terminal acetylenes is 1. The van der Waals surface area contributed by atoms with Crippen molar-refractivity contribution < 1.29 is 0 Å². The van der Waals surface area contributed by atoms with Gasteiger partial charge in [-0.05, 0) is 19.8 Å². The van der Waals surface area contributed by atoms with E-state index in [1.54, 1.807) is 12.4 Å². The zero-order valence-corrected chi connectivity index (χ0v) is 8.40. The Kier molecular flexibility index (Phi) is 4.09. The Morgan fingerprint density at radius 3 is 2.86 bits per heavy atom. The quantitative estimate of drug-likeness (QED) is 0.578. The zero-order chi connectivity index (χ0) is 10.4. The summed E-state index contributed by atoms with van der Waals surface area (Å²) in [5, 5.41) is 0. The summed E-state index contributed by atoms with van der Waals surface area (Å²) in [5.74, 6) is 2.59. The van der Waals surface area contributed by atoms with Gasteiger partial charge in [-0.1, -0.05) is 0 Å². The Balaban J connectivity index is 2.48. The van der Waals surface area contributed by atoms with Gasteiger partial charge < -0.3 is 5.73 Å². The number of unbranched alkanes of at least 4 members (excludes halogenated alkanes) is 1. The molecule has 0 radical (unpaired) electrons. The van der Waals surface area contributed by atoms with Crippen LogP contribution in [0.15, 0.2) is 12.4 Å². The summed E-state index contributed by atoms with van der Waals surface area (Å²) in [7, 11) is 0. The van der Waals surface area contributed by atoms with Gasteiger partial charge in [0.15, 0.2) is 0 Å². The molecule has 1 unspecified atom stereocenters. The van der Waals surface area contributed by atoms with E-state index in [2.05, 4.69) is 15.9 Å². The van der Waals surface area contributed by atoms with Gasteiger partial charge in [-0.25, -0.2) is 0 Å². The number of nitrogens with zero attached hydrogens (tertiary/aromatic N) is 2. The highest BCUT2D eigenvalue weighted by molar-refractivity contribution is 5.05. The van der Waals surface area contributed by atoms with Crippen LogP contribution in [0.1, 0.15) is 36.7 Å². The number of hydrogen-bond donors (Lipinski definition) is 1. The molecule has 0 aromatic carbocycles. The van der Waals surface area contributed by atoms with E-state index in [9.17, 15) is 0 Å². The van der Waals surface area contributed by atoms with Crippen molar-refractivity contribution in [2.75, 3.05) is 0 Å². The molecule has 0 amide bonds. The number of hydrogen-bond acceptors (Lipinski definition) is 3. The summed E-state index contributed by atoms with van der Waals surface area (Å²) < 4.78 is 0. The molecule has 1 heterocycles. The molecule has 1 aromatic heterocycles. The van der Waals surface area contributed by atoms with Crippen LogP contribution in [0.5, 0.6) is 0 Å². The van der Waals surface area contributed by atoms with Crippen LogP contribution in [0.2, 0.25) is 0 Å². The molecular weight excluding hydrogens is 174 g/mol. The van der Waals surface area contributed by atoms with E-state index in [0.717, 1.165) is 30.7 Å². The van der Waals surface area contributed by atoms with Crippen molar-refractivity contribution in [3.05, 3.63) is 23.8 Å². The molecule has 0 bridgehead atoms. The first-order valence-corrected chi connectivity index (χ1v) is 4.71. The third-order valence-corrected chi connectivity index (χ3v) is 2.02. The van der Waals surface area contributed by atoms with Gasteiger partial charge in [0, 0.05) is 18.7 Å². The van der Waals surface area contributed by atoms with Crippen LogP contribution < -0.4 is 5.73 Å². The lowest BCUT2D eigenvalue weighted by molar-refractivity contribution is 0.603. The summed E-state index contributed by atoms with van der Waals surface area (Å²) in [6.07, 6.45) is 11.2. The number of rotatable bonds is 4. The Bertz CT molecular complexity index is 310. The first-order valence-electron chi connectivity index (χ1n) is 4.71.